The SMILES string of the molecule is CC1(C(=O)Nc2ccccc2SC(=O)CC2CCCCC2)CCCCC1. The predicted octanol–water partition coefficient (Wildman–Crippen LogP) is 6.18. The quantitative estimate of drug-likeness (QED) is 0.626. The molecule has 0 heterocycles. The number of benzene rings is 1. The molecule has 2 aliphatic rings. The molecular formula is C22H31NO2S. The third-order valence-electron chi connectivity index (χ3n) is 6.04. The van der Waals surface area contributed by atoms with Crippen LogP contribution in [-0.2, 0) is 9.59 Å². The minimum absolute atomic E-state index is 0.102. The number of anilines is 1. The molecule has 1 amide bonds. The monoisotopic (exact) mass is 373 g/mol. The van der Waals surface area contributed by atoms with Gasteiger partial charge in [-0.05, 0) is 55.5 Å². The van der Waals surface area contributed by atoms with Gasteiger partial charge in [-0.25, -0.2) is 0 Å². The van der Waals surface area contributed by atoms with Gasteiger partial charge in [0.15, 0.2) is 5.12 Å². The first-order valence-electron chi connectivity index (χ1n) is 10.2. The molecule has 4 heteroatoms. The van der Waals surface area contributed by atoms with Crippen LogP contribution >= 0.6 is 11.8 Å². The Hall–Kier alpha value is -1.29. The molecule has 0 atom stereocenters. The zero-order valence-corrected chi connectivity index (χ0v) is 16.7. The summed E-state index contributed by atoms with van der Waals surface area (Å²) in [5, 5.41) is 3.34. The lowest BCUT2D eigenvalue weighted by Gasteiger charge is -2.32. The molecule has 1 N–H and O–H groups in total. The van der Waals surface area contributed by atoms with Gasteiger partial charge >= 0.3 is 0 Å². The number of hydrogen-bond donors (Lipinski definition) is 1. The average molecular weight is 374 g/mol. The number of amides is 1. The van der Waals surface area contributed by atoms with E-state index in [9.17, 15) is 9.59 Å². The van der Waals surface area contributed by atoms with Crippen molar-refractivity contribution in [3.8, 4) is 0 Å². The zero-order chi connectivity index (χ0) is 18.4. The lowest BCUT2D eigenvalue weighted by atomic mass is 9.75. The van der Waals surface area contributed by atoms with E-state index in [2.05, 4.69) is 12.2 Å². The first-order valence-corrected chi connectivity index (χ1v) is 11.0. The van der Waals surface area contributed by atoms with Gasteiger partial charge in [0.25, 0.3) is 0 Å². The van der Waals surface area contributed by atoms with E-state index in [-0.39, 0.29) is 16.4 Å². The number of thioether (sulfide) groups is 1. The van der Waals surface area contributed by atoms with Crippen LogP contribution in [0.15, 0.2) is 29.2 Å². The average Bonchev–Trinajstić information content (AvgIpc) is 2.64. The molecule has 142 valence electrons. The van der Waals surface area contributed by atoms with Gasteiger partial charge in [0.05, 0.1) is 5.69 Å². The fraction of sp³-hybridized carbons (Fsp3) is 0.636. The van der Waals surface area contributed by atoms with Crippen LogP contribution in [0.2, 0.25) is 0 Å². The predicted molar refractivity (Wildman–Crippen MR) is 108 cm³/mol. The number of carbonyl (C=O) groups excluding carboxylic acids is 2. The molecule has 0 spiro atoms. The lowest BCUT2D eigenvalue weighted by molar-refractivity contribution is -0.126. The van der Waals surface area contributed by atoms with Gasteiger partial charge in [0.1, 0.15) is 0 Å². The first kappa shape index (κ1) is 19.5. The normalized spacial score (nSPS) is 20.5. The third kappa shape index (κ3) is 5.12. The molecule has 0 unspecified atom stereocenters. The lowest BCUT2D eigenvalue weighted by Crippen LogP contribution is -2.35. The van der Waals surface area contributed by atoms with E-state index >= 15 is 0 Å². The smallest absolute Gasteiger partial charge is 0.230 e. The molecule has 2 aliphatic carbocycles. The van der Waals surface area contributed by atoms with Crippen LogP contribution in [0, 0.1) is 11.3 Å². The molecule has 0 aromatic heterocycles. The van der Waals surface area contributed by atoms with Crippen LogP contribution in [0.5, 0.6) is 0 Å². The molecule has 3 nitrogen and oxygen atoms in total. The van der Waals surface area contributed by atoms with E-state index in [4.69, 9.17) is 0 Å². The maximum absolute atomic E-state index is 12.8. The van der Waals surface area contributed by atoms with Crippen molar-refractivity contribution in [1.82, 2.24) is 0 Å². The van der Waals surface area contributed by atoms with Gasteiger partial charge in [-0.15, -0.1) is 0 Å². The van der Waals surface area contributed by atoms with Gasteiger partial charge in [0, 0.05) is 16.7 Å². The van der Waals surface area contributed by atoms with E-state index in [1.54, 1.807) is 0 Å². The maximum atomic E-state index is 12.8. The molecule has 1 aromatic rings. The second-order valence-electron chi connectivity index (χ2n) is 8.25. The molecule has 2 fully saturated rings. The van der Waals surface area contributed by atoms with Crippen molar-refractivity contribution in [2.24, 2.45) is 11.3 Å². The van der Waals surface area contributed by atoms with E-state index in [1.165, 1.54) is 50.3 Å². The van der Waals surface area contributed by atoms with Crippen molar-refractivity contribution in [2.75, 3.05) is 5.32 Å². The highest BCUT2D eigenvalue weighted by Gasteiger charge is 2.34. The Morgan fingerprint density at radius 1 is 1.04 bits per heavy atom. The zero-order valence-electron chi connectivity index (χ0n) is 15.9. The Morgan fingerprint density at radius 3 is 2.42 bits per heavy atom. The van der Waals surface area contributed by atoms with E-state index in [0.29, 0.717) is 12.3 Å². The fourth-order valence-electron chi connectivity index (χ4n) is 4.28. The Morgan fingerprint density at radius 2 is 1.69 bits per heavy atom. The Labute approximate surface area is 161 Å². The number of carbonyl (C=O) groups is 2. The fourth-order valence-corrected chi connectivity index (χ4v) is 5.22. The Balaban J connectivity index is 1.62. The molecule has 0 aliphatic heterocycles. The van der Waals surface area contributed by atoms with Gasteiger partial charge in [-0.2, -0.15) is 0 Å². The molecule has 1 aromatic carbocycles. The summed E-state index contributed by atoms with van der Waals surface area (Å²) >= 11 is 1.30. The summed E-state index contributed by atoms with van der Waals surface area (Å²) in [6, 6.07) is 7.73. The molecule has 0 radical (unpaired) electrons. The molecule has 2 saturated carbocycles. The number of hydrogen-bond acceptors (Lipinski definition) is 3. The van der Waals surface area contributed by atoms with Crippen LogP contribution in [0.4, 0.5) is 5.69 Å². The van der Waals surface area contributed by atoms with Crippen LogP contribution in [0.25, 0.3) is 0 Å². The van der Waals surface area contributed by atoms with E-state index in [1.807, 2.05) is 24.3 Å². The number of para-hydroxylation sites is 1. The second-order valence-corrected chi connectivity index (χ2v) is 9.35. The van der Waals surface area contributed by atoms with Crippen molar-refractivity contribution < 1.29 is 9.59 Å². The third-order valence-corrected chi connectivity index (χ3v) is 7.01. The van der Waals surface area contributed by atoms with Crippen molar-refractivity contribution >= 4 is 28.5 Å². The summed E-state index contributed by atoms with van der Waals surface area (Å²) in [7, 11) is 0. The van der Waals surface area contributed by atoms with E-state index < -0.39 is 0 Å². The minimum Gasteiger partial charge on any atom is -0.325 e. The summed E-state index contributed by atoms with van der Waals surface area (Å²) in [5.41, 5.74) is 0.508. The molecule has 0 bridgehead atoms. The van der Waals surface area contributed by atoms with E-state index in [0.717, 1.165) is 36.3 Å². The summed E-state index contributed by atoms with van der Waals surface area (Å²) in [4.78, 5) is 26.2. The summed E-state index contributed by atoms with van der Waals surface area (Å²) < 4.78 is 0. The second kappa shape index (κ2) is 9.07. The molecule has 26 heavy (non-hydrogen) atoms. The summed E-state index contributed by atoms with van der Waals surface area (Å²) in [6.07, 6.45) is 12.2. The van der Waals surface area contributed by atoms with Gasteiger partial charge in [0.2, 0.25) is 5.91 Å². The van der Waals surface area contributed by atoms with Gasteiger partial charge < -0.3 is 5.32 Å². The minimum atomic E-state index is -0.276. The Kier molecular flexibility index (Phi) is 6.80. The van der Waals surface area contributed by atoms with Gasteiger partial charge in [-0.3, -0.25) is 9.59 Å². The standard InChI is InChI=1S/C22H31NO2S/c1-22(14-8-3-9-15-22)21(25)23-18-12-6-7-13-19(18)26-20(24)16-17-10-4-2-5-11-17/h6-7,12-13,17H,2-5,8-11,14-16H2,1H3,(H,23,25). The highest BCUT2D eigenvalue weighted by Crippen LogP contribution is 2.38. The summed E-state index contributed by atoms with van der Waals surface area (Å²) in [6.45, 7) is 2.07. The van der Waals surface area contributed by atoms with Crippen molar-refractivity contribution in [2.45, 2.75) is 82.4 Å². The highest BCUT2D eigenvalue weighted by molar-refractivity contribution is 8.13. The van der Waals surface area contributed by atoms with Crippen LogP contribution < -0.4 is 5.32 Å². The summed E-state index contributed by atoms with van der Waals surface area (Å²) in [5.74, 6) is 0.650. The molecule has 0 saturated heterocycles. The van der Waals surface area contributed by atoms with Gasteiger partial charge in [-0.1, -0.05) is 57.6 Å². The van der Waals surface area contributed by atoms with Crippen molar-refractivity contribution in [1.29, 1.82) is 0 Å². The maximum Gasteiger partial charge on any atom is 0.230 e. The van der Waals surface area contributed by atoms with Crippen LogP contribution in [-0.4, -0.2) is 11.0 Å². The first-order chi connectivity index (χ1) is 12.6. The molecular weight excluding hydrogens is 342 g/mol. The van der Waals surface area contributed by atoms with Crippen LogP contribution in [0.3, 0.4) is 0 Å². The van der Waals surface area contributed by atoms with Crippen molar-refractivity contribution in [3.63, 3.8) is 0 Å². The Bertz CT molecular complexity index is 631. The largest absolute Gasteiger partial charge is 0.325 e. The number of nitrogens with one attached hydrogen (secondary N) is 1. The number of rotatable bonds is 5. The molecule has 3 rings (SSSR count). The topological polar surface area (TPSA) is 46.2 Å². The highest BCUT2D eigenvalue weighted by atomic mass is 32.2. The van der Waals surface area contributed by atoms with Crippen LogP contribution in [0.1, 0.15) is 77.6 Å². The van der Waals surface area contributed by atoms with Crippen molar-refractivity contribution in [3.05, 3.63) is 24.3 Å².